The SMILES string of the molecule is Cn1cc(-c2ccc3nc([C@H]4C[C@H](N5CCC(F)CC5)C4)sc3c2)cn1. The first-order valence-electron chi connectivity index (χ1n) is 9.43. The Hall–Kier alpha value is -1.79. The number of fused-ring (bicyclic) bond motifs is 1. The highest BCUT2D eigenvalue weighted by atomic mass is 32.1. The van der Waals surface area contributed by atoms with Gasteiger partial charge in [0.1, 0.15) is 6.17 Å². The lowest BCUT2D eigenvalue weighted by Crippen LogP contribution is -2.47. The minimum atomic E-state index is -0.583. The van der Waals surface area contributed by atoms with Crippen LogP contribution >= 0.6 is 11.3 Å². The minimum absolute atomic E-state index is 0.572. The van der Waals surface area contributed by atoms with E-state index in [1.165, 1.54) is 28.1 Å². The largest absolute Gasteiger partial charge is 0.300 e. The molecule has 4 nitrogen and oxygen atoms in total. The fourth-order valence-corrected chi connectivity index (χ4v) is 5.32. The standard InChI is InChI=1S/C20H23FN4S/c1-24-12-15(11-22-24)13-2-3-18-19(10-13)26-20(23-18)14-8-17(9-14)25-6-4-16(21)5-7-25/h2-3,10-12,14,16-17H,4-9H2,1H3/t14-,17-. The highest BCUT2D eigenvalue weighted by Crippen LogP contribution is 2.43. The number of hydrogen-bond donors (Lipinski definition) is 0. The first kappa shape index (κ1) is 16.4. The number of nitrogens with zero attached hydrogens (tertiary/aromatic N) is 4. The summed E-state index contributed by atoms with van der Waals surface area (Å²) in [6.07, 6.45) is 7.12. The summed E-state index contributed by atoms with van der Waals surface area (Å²) in [5.41, 5.74) is 3.44. The molecule has 136 valence electrons. The van der Waals surface area contributed by atoms with E-state index in [1.807, 2.05) is 35.5 Å². The van der Waals surface area contributed by atoms with Crippen molar-refractivity contribution >= 4 is 21.6 Å². The Balaban J connectivity index is 1.30. The maximum atomic E-state index is 13.3. The summed E-state index contributed by atoms with van der Waals surface area (Å²) < 4.78 is 16.4. The average Bonchev–Trinajstić information content (AvgIpc) is 3.20. The molecule has 2 aromatic heterocycles. The fraction of sp³-hybridized carbons (Fsp3) is 0.500. The Morgan fingerprint density at radius 1 is 1.15 bits per heavy atom. The molecule has 1 aromatic carbocycles. The first-order chi connectivity index (χ1) is 12.7. The van der Waals surface area contributed by atoms with Crippen LogP contribution in [0.2, 0.25) is 0 Å². The van der Waals surface area contributed by atoms with Gasteiger partial charge in [0.2, 0.25) is 0 Å². The van der Waals surface area contributed by atoms with E-state index >= 15 is 0 Å². The number of piperidine rings is 1. The third kappa shape index (κ3) is 2.95. The Morgan fingerprint density at radius 3 is 2.69 bits per heavy atom. The summed E-state index contributed by atoms with van der Waals surface area (Å²) in [5.74, 6) is 0.572. The van der Waals surface area contributed by atoms with Crippen molar-refractivity contribution in [3.63, 3.8) is 0 Å². The van der Waals surface area contributed by atoms with E-state index < -0.39 is 6.17 Å². The summed E-state index contributed by atoms with van der Waals surface area (Å²) in [4.78, 5) is 7.37. The van der Waals surface area contributed by atoms with Gasteiger partial charge in [0.05, 0.1) is 21.4 Å². The smallest absolute Gasteiger partial charge is 0.103 e. The molecule has 1 aliphatic heterocycles. The molecule has 0 N–H and O–H groups in total. The molecule has 5 rings (SSSR count). The zero-order valence-electron chi connectivity index (χ0n) is 14.9. The number of thiazole rings is 1. The summed E-state index contributed by atoms with van der Waals surface area (Å²) in [5, 5.41) is 5.53. The van der Waals surface area contributed by atoms with Gasteiger partial charge in [-0.25, -0.2) is 9.37 Å². The van der Waals surface area contributed by atoms with E-state index in [9.17, 15) is 4.39 Å². The van der Waals surface area contributed by atoms with Gasteiger partial charge in [0.15, 0.2) is 0 Å². The predicted molar refractivity (Wildman–Crippen MR) is 103 cm³/mol. The quantitative estimate of drug-likeness (QED) is 0.686. The van der Waals surface area contributed by atoms with E-state index in [0.717, 1.165) is 24.2 Å². The van der Waals surface area contributed by atoms with Crippen LogP contribution in [0.3, 0.4) is 0 Å². The Labute approximate surface area is 156 Å². The van der Waals surface area contributed by atoms with Crippen molar-refractivity contribution < 1.29 is 4.39 Å². The molecule has 0 radical (unpaired) electrons. The van der Waals surface area contributed by atoms with Gasteiger partial charge in [-0.05, 0) is 43.4 Å². The Kier molecular flexibility index (Phi) is 4.05. The lowest BCUT2D eigenvalue weighted by molar-refractivity contribution is 0.0610. The van der Waals surface area contributed by atoms with Gasteiger partial charge in [-0.15, -0.1) is 11.3 Å². The molecule has 0 bridgehead atoms. The number of hydrogen-bond acceptors (Lipinski definition) is 4. The van der Waals surface area contributed by atoms with Crippen molar-refractivity contribution in [1.29, 1.82) is 0 Å². The molecule has 0 unspecified atom stereocenters. The van der Waals surface area contributed by atoms with Crippen LogP contribution in [-0.4, -0.2) is 45.0 Å². The molecule has 1 saturated heterocycles. The van der Waals surface area contributed by atoms with Gasteiger partial charge < -0.3 is 4.90 Å². The van der Waals surface area contributed by atoms with Gasteiger partial charge >= 0.3 is 0 Å². The van der Waals surface area contributed by atoms with E-state index in [1.54, 1.807) is 0 Å². The lowest BCUT2D eigenvalue weighted by Gasteiger charge is -2.44. The van der Waals surface area contributed by atoms with Crippen LogP contribution in [0.25, 0.3) is 21.3 Å². The average molecular weight is 370 g/mol. The van der Waals surface area contributed by atoms with Gasteiger partial charge in [0, 0.05) is 43.9 Å². The number of benzene rings is 1. The number of aromatic nitrogens is 3. The predicted octanol–water partition coefficient (Wildman–Crippen LogP) is 4.38. The minimum Gasteiger partial charge on any atom is -0.300 e. The van der Waals surface area contributed by atoms with Crippen LogP contribution in [-0.2, 0) is 7.05 Å². The van der Waals surface area contributed by atoms with E-state index in [0.29, 0.717) is 24.8 Å². The second-order valence-electron chi connectivity index (χ2n) is 7.67. The van der Waals surface area contributed by atoms with Gasteiger partial charge in [-0.1, -0.05) is 6.07 Å². The zero-order valence-corrected chi connectivity index (χ0v) is 15.8. The normalized spacial score (nSPS) is 24.8. The number of alkyl halides is 1. The van der Waals surface area contributed by atoms with Crippen LogP contribution < -0.4 is 0 Å². The highest BCUT2D eigenvalue weighted by Gasteiger charge is 2.37. The maximum absolute atomic E-state index is 13.3. The van der Waals surface area contributed by atoms with Crippen LogP contribution in [0.1, 0.15) is 36.6 Å². The molecule has 6 heteroatoms. The second kappa shape index (κ2) is 6.43. The topological polar surface area (TPSA) is 34.0 Å². The van der Waals surface area contributed by atoms with Crippen molar-refractivity contribution in [2.45, 2.75) is 43.8 Å². The zero-order chi connectivity index (χ0) is 17.7. The van der Waals surface area contributed by atoms with E-state index in [4.69, 9.17) is 4.98 Å². The molecule has 0 amide bonds. The molecule has 1 aliphatic carbocycles. The highest BCUT2D eigenvalue weighted by molar-refractivity contribution is 7.18. The molecular weight excluding hydrogens is 347 g/mol. The fourth-order valence-electron chi connectivity index (χ4n) is 4.19. The number of halogens is 1. The summed E-state index contributed by atoms with van der Waals surface area (Å²) in [6.45, 7) is 1.85. The maximum Gasteiger partial charge on any atom is 0.103 e. The molecular formula is C20H23FN4S. The van der Waals surface area contributed by atoms with Crippen LogP contribution in [0.4, 0.5) is 4.39 Å². The number of rotatable bonds is 3. The van der Waals surface area contributed by atoms with Gasteiger partial charge in [0.25, 0.3) is 0 Å². The third-order valence-corrected chi connectivity index (χ3v) is 7.06. The molecule has 0 atom stereocenters. The van der Waals surface area contributed by atoms with E-state index in [-0.39, 0.29) is 0 Å². The number of aryl methyl sites for hydroxylation is 1. The van der Waals surface area contributed by atoms with Crippen LogP contribution in [0.5, 0.6) is 0 Å². The van der Waals surface area contributed by atoms with Crippen molar-refractivity contribution in [3.8, 4) is 11.1 Å². The summed E-state index contributed by atoms with van der Waals surface area (Å²) in [7, 11) is 1.94. The third-order valence-electron chi connectivity index (χ3n) is 5.88. The van der Waals surface area contributed by atoms with Gasteiger partial charge in [-0.2, -0.15) is 5.10 Å². The monoisotopic (exact) mass is 370 g/mol. The van der Waals surface area contributed by atoms with E-state index in [2.05, 4.69) is 28.2 Å². The van der Waals surface area contributed by atoms with Crippen molar-refractivity contribution in [3.05, 3.63) is 35.6 Å². The summed E-state index contributed by atoms with van der Waals surface area (Å²) >= 11 is 1.83. The molecule has 2 aliphatic rings. The van der Waals surface area contributed by atoms with Crippen LogP contribution in [0.15, 0.2) is 30.6 Å². The Morgan fingerprint density at radius 2 is 1.96 bits per heavy atom. The molecule has 3 heterocycles. The van der Waals surface area contributed by atoms with Crippen molar-refractivity contribution in [2.24, 2.45) is 7.05 Å². The van der Waals surface area contributed by atoms with Crippen molar-refractivity contribution in [2.75, 3.05) is 13.1 Å². The Bertz CT molecular complexity index is 919. The number of likely N-dealkylation sites (tertiary alicyclic amines) is 1. The molecule has 2 fully saturated rings. The first-order valence-corrected chi connectivity index (χ1v) is 10.2. The van der Waals surface area contributed by atoms with Crippen molar-refractivity contribution in [1.82, 2.24) is 19.7 Å². The molecule has 0 spiro atoms. The lowest BCUT2D eigenvalue weighted by atomic mass is 9.79. The molecule has 26 heavy (non-hydrogen) atoms. The second-order valence-corrected chi connectivity index (χ2v) is 8.73. The van der Waals surface area contributed by atoms with Crippen LogP contribution in [0, 0.1) is 0 Å². The molecule has 1 saturated carbocycles. The molecule has 3 aromatic rings. The summed E-state index contributed by atoms with van der Waals surface area (Å²) in [6, 6.07) is 7.12. The van der Waals surface area contributed by atoms with Gasteiger partial charge in [-0.3, -0.25) is 4.68 Å².